The van der Waals surface area contributed by atoms with Crippen LogP contribution in [0.1, 0.15) is 245 Å². The van der Waals surface area contributed by atoms with E-state index in [9.17, 15) is 14.4 Å². The molecule has 6 nitrogen and oxygen atoms in total. The Kier molecular flexibility index (Phi) is 47.9. The van der Waals surface area contributed by atoms with Crippen LogP contribution in [0.15, 0.2) is 72.9 Å². The lowest BCUT2D eigenvalue weighted by Crippen LogP contribution is -2.30. The average molecular weight is 865 g/mol. The number of hydrogen-bond donors (Lipinski definition) is 0. The van der Waals surface area contributed by atoms with Gasteiger partial charge >= 0.3 is 17.9 Å². The van der Waals surface area contributed by atoms with Gasteiger partial charge in [0, 0.05) is 19.3 Å². The largest absolute Gasteiger partial charge is 0.462 e. The first-order valence-electron chi connectivity index (χ1n) is 25.9. The third kappa shape index (κ3) is 47.9. The average Bonchev–Trinajstić information content (AvgIpc) is 3.27. The Hall–Kier alpha value is -3.15. The predicted octanol–water partition coefficient (Wildman–Crippen LogP) is 17.0. The molecule has 0 aromatic carbocycles. The number of unbranched alkanes of at least 4 members (excludes halogenated alkanes) is 23. The minimum Gasteiger partial charge on any atom is -0.462 e. The molecule has 0 saturated heterocycles. The van der Waals surface area contributed by atoms with E-state index in [1.165, 1.54) is 89.9 Å². The zero-order valence-electron chi connectivity index (χ0n) is 40.6. The maximum absolute atomic E-state index is 12.7. The van der Waals surface area contributed by atoms with E-state index >= 15 is 0 Å². The molecule has 0 fully saturated rings. The standard InChI is InChI=1S/C56H96O6/c1-4-7-10-13-16-18-20-22-23-24-25-26-27-28-29-30-31-32-33-35-36-38-40-43-46-49-55(58)61-52-53(51-60-54(57)48-45-42-15-12-9-6-3)62-56(59)50-47-44-41-39-37-34-21-19-17-14-11-8-5-2/h7,10-11,14,16,18-19,21-23,25-26,53H,4-6,8-9,12-13,15,17,20,24,27-52H2,1-3H3/b10-7-,14-11-,18-16-,21-19-,23-22-,26-25-. The van der Waals surface area contributed by atoms with E-state index < -0.39 is 6.10 Å². The van der Waals surface area contributed by atoms with Gasteiger partial charge in [0.15, 0.2) is 6.10 Å². The fraction of sp³-hybridized carbons (Fsp3) is 0.732. The second-order valence-corrected chi connectivity index (χ2v) is 17.1. The number of rotatable bonds is 46. The lowest BCUT2D eigenvalue weighted by atomic mass is 10.0. The quantitative estimate of drug-likeness (QED) is 0.0262. The molecule has 0 aromatic heterocycles. The van der Waals surface area contributed by atoms with Crippen LogP contribution >= 0.6 is 0 Å². The topological polar surface area (TPSA) is 78.9 Å². The number of allylic oxidation sites excluding steroid dienone is 12. The van der Waals surface area contributed by atoms with E-state index in [1.54, 1.807) is 0 Å². The molecule has 0 amide bonds. The third-order valence-corrected chi connectivity index (χ3v) is 10.9. The van der Waals surface area contributed by atoms with Crippen molar-refractivity contribution in [2.45, 2.75) is 252 Å². The second-order valence-electron chi connectivity index (χ2n) is 17.1. The van der Waals surface area contributed by atoms with Gasteiger partial charge in [0.2, 0.25) is 0 Å². The van der Waals surface area contributed by atoms with Gasteiger partial charge in [-0.3, -0.25) is 14.4 Å². The van der Waals surface area contributed by atoms with E-state index in [0.717, 1.165) is 116 Å². The summed E-state index contributed by atoms with van der Waals surface area (Å²) in [4.78, 5) is 37.7. The summed E-state index contributed by atoms with van der Waals surface area (Å²) in [7, 11) is 0. The molecule has 0 aliphatic heterocycles. The fourth-order valence-corrected chi connectivity index (χ4v) is 7.06. The summed E-state index contributed by atoms with van der Waals surface area (Å²) in [5.74, 6) is -0.906. The molecule has 62 heavy (non-hydrogen) atoms. The molecule has 0 rings (SSSR count). The monoisotopic (exact) mass is 865 g/mol. The van der Waals surface area contributed by atoms with Crippen molar-refractivity contribution < 1.29 is 28.6 Å². The van der Waals surface area contributed by atoms with E-state index in [4.69, 9.17) is 14.2 Å². The minimum atomic E-state index is -0.778. The molecule has 0 N–H and O–H groups in total. The Balaban J connectivity index is 4.12. The van der Waals surface area contributed by atoms with Crippen LogP contribution < -0.4 is 0 Å². The van der Waals surface area contributed by atoms with E-state index in [-0.39, 0.29) is 31.1 Å². The van der Waals surface area contributed by atoms with Crippen molar-refractivity contribution in [1.82, 2.24) is 0 Å². The molecule has 0 radical (unpaired) electrons. The van der Waals surface area contributed by atoms with Crippen LogP contribution in [0.4, 0.5) is 0 Å². The maximum Gasteiger partial charge on any atom is 0.306 e. The highest BCUT2D eigenvalue weighted by atomic mass is 16.6. The highest BCUT2D eigenvalue weighted by Gasteiger charge is 2.19. The van der Waals surface area contributed by atoms with Crippen LogP contribution in [0.3, 0.4) is 0 Å². The van der Waals surface area contributed by atoms with E-state index in [2.05, 4.69) is 93.7 Å². The van der Waals surface area contributed by atoms with Gasteiger partial charge in [-0.1, -0.05) is 216 Å². The second kappa shape index (κ2) is 50.5. The zero-order valence-corrected chi connectivity index (χ0v) is 40.6. The summed E-state index contributed by atoms with van der Waals surface area (Å²) in [5.41, 5.74) is 0. The van der Waals surface area contributed by atoms with E-state index in [0.29, 0.717) is 19.3 Å². The predicted molar refractivity (Wildman–Crippen MR) is 265 cm³/mol. The summed E-state index contributed by atoms with van der Waals surface area (Å²) >= 11 is 0. The van der Waals surface area contributed by atoms with Crippen LogP contribution in [0.25, 0.3) is 0 Å². The van der Waals surface area contributed by atoms with Gasteiger partial charge in [-0.15, -0.1) is 0 Å². The summed E-state index contributed by atoms with van der Waals surface area (Å²) in [6.07, 6.45) is 63.5. The minimum absolute atomic E-state index is 0.0811. The number of carbonyl (C=O) groups excluding carboxylic acids is 3. The van der Waals surface area contributed by atoms with Crippen molar-refractivity contribution >= 4 is 17.9 Å². The third-order valence-electron chi connectivity index (χ3n) is 10.9. The van der Waals surface area contributed by atoms with Crippen molar-refractivity contribution in [3.05, 3.63) is 72.9 Å². The first-order valence-corrected chi connectivity index (χ1v) is 25.9. The molecule has 0 bridgehead atoms. The van der Waals surface area contributed by atoms with Crippen molar-refractivity contribution in [1.29, 1.82) is 0 Å². The molecule has 6 heteroatoms. The molecular weight excluding hydrogens is 769 g/mol. The highest BCUT2D eigenvalue weighted by Crippen LogP contribution is 2.15. The smallest absolute Gasteiger partial charge is 0.306 e. The van der Waals surface area contributed by atoms with E-state index in [1.807, 2.05) is 0 Å². The van der Waals surface area contributed by atoms with Gasteiger partial charge in [0.05, 0.1) is 0 Å². The Morgan fingerprint density at radius 2 is 0.661 bits per heavy atom. The molecule has 1 atom stereocenters. The molecule has 0 aromatic rings. The van der Waals surface area contributed by atoms with Gasteiger partial charge < -0.3 is 14.2 Å². The molecule has 1 unspecified atom stereocenters. The summed E-state index contributed by atoms with van der Waals surface area (Å²) < 4.78 is 16.7. The first kappa shape index (κ1) is 58.9. The van der Waals surface area contributed by atoms with Gasteiger partial charge in [-0.05, 0) is 83.5 Å². The van der Waals surface area contributed by atoms with Crippen molar-refractivity contribution in [3.8, 4) is 0 Å². The number of carbonyl (C=O) groups is 3. The molecule has 0 aliphatic carbocycles. The highest BCUT2D eigenvalue weighted by molar-refractivity contribution is 5.71. The Labute approximate surface area is 382 Å². The van der Waals surface area contributed by atoms with Crippen molar-refractivity contribution in [3.63, 3.8) is 0 Å². The van der Waals surface area contributed by atoms with Crippen molar-refractivity contribution in [2.75, 3.05) is 13.2 Å². The van der Waals surface area contributed by atoms with Gasteiger partial charge in [-0.2, -0.15) is 0 Å². The SMILES string of the molecule is CC/C=C\C/C=C\C/C=C\C/C=C\CCCCCCCCCCCCCCC(=O)OCC(COC(=O)CCCCCCCC)OC(=O)CCCCCCC/C=C\C/C=C\CCC. The summed E-state index contributed by atoms with van der Waals surface area (Å²) in [6.45, 7) is 6.39. The molecule has 0 saturated carbocycles. The van der Waals surface area contributed by atoms with Gasteiger partial charge in [0.25, 0.3) is 0 Å². The maximum atomic E-state index is 12.7. The lowest BCUT2D eigenvalue weighted by molar-refractivity contribution is -0.167. The van der Waals surface area contributed by atoms with Gasteiger partial charge in [0.1, 0.15) is 13.2 Å². The molecule has 356 valence electrons. The van der Waals surface area contributed by atoms with Crippen LogP contribution in [0.2, 0.25) is 0 Å². The lowest BCUT2D eigenvalue weighted by Gasteiger charge is -2.18. The van der Waals surface area contributed by atoms with Crippen LogP contribution in [-0.2, 0) is 28.6 Å². The van der Waals surface area contributed by atoms with Crippen LogP contribution in [0, 0.1) is 0 Å². The number of ether oxygens (including phenoxy) is 3. The Bertz CT molecular complexity index is 1180. The summed E-state index contributed by atoms with van der Waals surface area (Å²) in [6, 6.07) is 0. The Morgan fingerprint density at radius 1 is 0.339 bits per heavy atom. The molecule has 0 aliphatic rings. The number of hydrogen-bond acceptors (Lipinski definition) is 6. The van der Waals surface area contributed by atoms with Crippen LogP contribution in [-0.4, -0.2) is 37.2 Å². The first-order chi connectivity index (χ1) is 30.5. The number of esters is 3. The van der Waals surface area contributed by atoms with Crippen LogP contribution in [0.5, 0.6) is 0 Å². The Morgan fingerprint density at radius 3 is 1.05 bits per heavy atom. The van der Waals surface area contributed by atoms with Gasteiger partial charge in [-0.25, -0.2) is 0 Å². The van der Waals surface area contributed by atoms with Crippen molar-refractivity contribution in [2.24, 2.45) is 0 Å². The molecule has 0 heterocycles. The molecular formula is C56H96O6. The summed E-state index contributed by atoms with van der Waals surface area (Å²) in [5, 5.41) is 0. The molecule has 0 spiro atoms. The fourth-order valence-electron chi connectivity index (χ4n) is 7.06. The normalized spacial score (nSPS) is 12.6. The zero-order chi connectivity index (χ0) is 45.1.